The number of ether oxygens (including phenoxy) is 2. The smallest absolute Gasteiger partial charge is 0.302 e. The van der Waals surface area contributed by atoms with Gasteiger partial charge in [-0.15, -0.1) is 0 Å². The summed E-state index contributed by atoms with van der Waals surface area (Å²) in [5, 5.41) is 9.90. The van der Waals surface area contributed by atoms with E-state index in [2.05, 4.69) is 26.1 Å². The van der Waals surface area contributed by atoms with Gasteiger partial charge in [-0.2, -0.15) is 5.26 Å². The maximum Gasteiger partial charge on any atom is 0.302 e. The Bertz CT molecular complexity index is 924. The van der Waals surface area contributed by atoms with Crippen molar-refractivity contribution in [3.05, 3.63) is 11.6 Å². The molecule has 1 saturated heterocycles. The lowest BCUT2D eigenvalue weighted by Gasteiger charge is -2.50. The number of nitriles is 1. The largest absolute Gasteiger partial charge is 0.462 e. The van der Waals surface area contributed by atoms with E-state index in [0.717, 1.165) is 45.1 Å². The molecular weight excluding hydrogens is 452 g/mol. The number of piperidine rings is 1. The first-order chi connectivity index (χ1) is 17.3. The van der Waals surface area contributed by atoms with Crippen LogP contribution >= 0.6 is 0 Å². The summed E-state index contributed by atoms with van der Waals surface area (Å²) in [5.41, 5.74) is 1.52. The predicted molar refractivity (Wildman–Crippen MR) is 136 cm³/mol. The fourth-order valence-electron chi connectivity index (χ4n) is 9.40. The molecule has 1 heterocycles. The Morgan fingerprint density at radius 3 is 2.47 bits per heavy atom. The number of allylic oxidation sites excluding steroid dienone is 1. The number of nitrogens with zero attached hydrogens (tertiary/aromatic N) is 2. The van der Waals surface area contributed by atoms with Crippen molar-refractivity contribution < 1.29 is 19.1 Å². The molecular formula is C30H44N2O4. The van der Waals surface area contributed by atoms with Crippen molar-refractivity contribution in [3.63, 3.8) is 0 Å². The Labute approximate surface area is 216 Å². The van der Waals surface area contributed by atoms with E-state index in [0.29, 0.717) is 47.3 Å². The second kappa shape index (κ2) is 10.4. The third kappa shape index (κ3) is 4.79. The highest BCUT2D eigenvalue weighted by Gasteiger charge is 2.56. The lowest BCUT2D eigenvalue weighted by molar-refractivity contribution is -0.150. The standard InChI is InChI=1S/C30H44N2O4/c1-17-5-12-28(32(15-17)16-31)18(2)30-26-11-10-24-23-9-7-22(35-19(3)33)13-21(23)6-8-25(24)27(26)14-29(30)36-20(4)34/h6,17-18,22-30H,5,7-15H2,1-4H3/t17-,18-,22-,23-,24-,25-,26-,27-,28-,29+,30-/m1/s1. The number of esters is 2. The Morgan fingerprint density at radius 2 is 1.75 bits per heavy atom. The minimum Gasteiger partial charge on any atom is -0.462 e. The number of rotatable bonds is 4. The SMILES string of the molecule is CC(=O)O[C@@H]1CC[C@@H]2C(=CC[C@H]3[C@H]4C[C@H](OC(C)=O)[C@H]([C@H](C)[C@H]5CC[C@@H](C)CN5C#N)[C@@H]4CC[C@@H]32)C1. The highest BCUT2D eigenvalue weighted by atomic mass is 16.5. The zero-order chi connectivity index (χ0) is 25.6. The summed E-state index contributed by atoms with van der Waals surface area (Å²) >= 11 is 0. The van der Waals surface area contributed by atoms with Crippen LogP contribution in [0, 0.1) is 58.8 Å². The van der Waals surface area contributed by atoms with E-state index in [4.69, 9.17) is 9.47 Å². The summed E-state index contributed by atoms with van der Waals surface area (Å²) in [5.74, 6) is 4.01. The van der Waals surface area contributed by atoms with E-state index in [1.807, 2.05) is 4.90 Å². The van der Waals surface area contributed by atoms with Crippen LogP contribution in [-0.2, 0) is 19.1 Å². The fraction of sp³-hybridized carbons (Fsp3) is 0.833. The van der Waals surface area contributed by atoms with Gasteiger partial charge in [0.05, 0.1) is 0 Å². The van der Waals surface area contributed by atoms with Gasteiger partial charge in [0.25, 0.3) is 0 Å². The zero-order valence-corrected chi connectivity index (χ0v) is 22.5. The maximum atomic E-state index is 12.2. The van der Waals surface area contributed by atoms with E-state index in [1.54, 1.807) is 6.92 Å². The topological polar surface area (TPSA) is 79.6 Å². The molecule has 0 unspecified atom stereocenters. The molecule has 0 aromatic carbocycles. The van der Waals surface area contributed by atoms with Gasteiger partial charge in [0.15, 0.2) is 6.19 Å². The maximum absolute atomic E-state index is 12.2. The number of carbonyl (C=O) groups is 2. The minimum absolute atomic E-state index is 0.0313. The highest BCUT2D eigenvalue weighted by Crippen LogP contribution is 2.60. The van der Waals surface area contributed by atoms with Crippen LogP contribution in [0.15, 0.2) is 11.6 Å². The third-order valence-corrected chi connectivity index (χ3v) is 10.7. The molecule has 6 nitrogen and oxygen atoms in total. The summed E-state index contributed by atoms with van der Waals surface area (Å²) in [6, 6.07) is 0.250. The van der Waals surface area contributed by atoms with Crippen molar-refractivity contribution in [2.24, 2.45) is 47.3 Å². The number of carbonyl (C=O) groups excluding carboxylic acids is 2. The molecule has 4 aliphatic carbocycles. The molecule has 0 aromatic rings. The van der Waals surface area contributed by atoms with Gasteiger partial charge in [0.1, 0.15) is 12.2 Å². The summed E-state index contributed by atoms with van der Waals surface area (Å²) in [4.78, 5) is 25.7. The lowest BCUT2D eigenvalue weighted by atomic mass is 9.55. The Hall–Kier alpha value is -2.03. The highest BCUT2D eigenvalue weighted by molar-refractivity contribution is 5.66. The first-order valence-electron chi connectivity index (χ1n) is 14.5. The molecule has 0 amide bonds. The summed E-state index contributed by atoms with van der Waals surface area (Å²) in [6.45, 7) is 8.48. The molecule has 0 radical (unpaired) electrons. The molecule has 36 heavy (non-hydrogen) atoms. The summed E-state index contributed by atoms with van der Waals surface area (Å²) in [7, 11) is 0. The number of likely N-dealkylation sites (tertiary alicyclic amines) is 1. The Kier molecular flexibility index (Phi) is 7.39. The Balaban J connectivity index is 1.35. The Morgan fingerprint density at radius 1 is 1.00 bits per heavy atom. The van der Waals surface area contributed by atoms with E-state index >= 15 is 0 Å². The average molecular weight is 497 g/mol. The lowest BCUT2D eigenvalue weighted by Crippen LogP contribution is -2.48. The third-order valence-electron chi connectivity index (χ3n) is 10.7. The van der Waals surface area contributed by atoms with Gasteiger partial charge < -0.3 is 14.4 Å². The van der Waals surface area contributed by atoms with Crippen LogP contribution in [-0.4, -0.2) is 41.6 Å². The van der Waals surface area contributed by atoms with Crippen LogP contribution in [0.4, 0.5) is 0 Å². The first kappa shape index (κ1) is 25.6. The van der Waals surface area contributed by atoms with Gasteiger partial charge in [-0.05, 0) is 92.8 Å². The van der Waals surface area contributed by atoms with Gasteiger partial charge in [0, 0.05) is 38.8 Å². The molecule has 4 fully saturated rings. The van der Waals surface area contributed by atoms with Gasteiger partial charge >= 0.3 is 11.9 Å². The molecule has 1 aliphatic heterocycles. The van der Waals surface area contributed by atoms with Gasteiger partial charge in [-0.3, -0.25) is 9.59 Å². The summed E-state index contributed by atoms with van der Waals surface area (Å²) < 4.78 is 11.6. The van der Waals surface area contributed by atoms with Crippen molar-refractivity contribution >= 4 is 11.9 Å². The van der Waals surface area contributed by atoms with Crippen LogP contribution in [0.1, 0.15) is 85.5 Å². The molecule has 0 bridgehead atoms. The molecule has 3 saturated carbocycles. The van der Waals surface area contributed by atoms with Crippen LogP contribution in [0.3, 0.4) is 0 Å². The van der Waals surface area contributed by atoms with Crippen LogP contribution in [0.2, 0.25) is 0 Å². The van der Waals surface area contributed by atoms with E-state index in [-0.39, 0.29) is 30.2 Å². The van der Waals surface area contributed by atoms with Crippen molar-refractivity contribution in [3.8, 4) is 6.19 Å². The molecule has 0 N–H and O–H groups in total. The summed E-state index contributed by atoms with van der Waals surface area (Å²) in [6.07, 6.45) is 14.7. The zero-order valence-electron chi connectivity index (χ0n) is 22.5. The van der Waals surface area contributed by atoms with Crippen molar-refractivity contribution in [2.45, 2.75) is 104 Å². The minimum atomic E-state index is -0.170. The van der Waals surface area contributed by atoms with Crippen molar-refractivity contribution in [2.75, 3.05) is 6.54 Å². The van der Waals surface area contributed by atoms with E-state index < -0.39 is 0 Å². The number of hydrogen-bond donors (Lipinski definition) is 0. The van der Waals surface area contributed by atoms with Crippen LogP contribution < -0.4 is 0 Å². The number of fused-ring (bicyclic) bond motifs is 5. The van der Waals surface area contributed by atoms with Gasteiger partial charge in [-0.25, -0.2) is 0 Å². The second-order valence-electron chi connectivity index (χ2n) is 12.7. The van der Waals surface area contributed by atoms with Crippen LogP contribution in [0.5, 0.6) is 0 Å². The van der Waals surface area contributed by atoms with Crippen molar-refractivity contribution in [1.82, 2.24) is 4.90 Å². The van der Waals surface area contributed by atoms with Crippen molar-refractivity contribution in [1.29, 1.82) is 5.26 Å². The average Bonchev–Trinajstić information content (AvgIpc) is 3.20. The number of hydrogen-bond acceptors (Lipinski definition) is 6. The van der Waals surface area contributed by atoms with Crippen LogP contribution in [0.25, 0.3) is 0 Å². The van der Waals surface area contributed by atoms with Gasteiger partial charge in [-0.1, -0.05) is 25.5 Å². The van der Waals surface area contributed by atoms with Gasteiger partial charge in [0.2, 0.25) is 0 Å². The molecule has 11 atom stereocenters. The first-order valence-corrected chi connectivity index (χ1v) is 14.5. The second-order valence-corrected chi connectivity index (χ2v) is 12.7. The molecule has 198 valence electrons. The molecule has 5 aliphatic rings. The normalized spacial score (nSPS) is 42.6. The predicted octanol–water partition coefficient (Wildman–Crippen LogP) is 5.48. The molecule has 0 spiro atoms. The fourth-order valence-corrected chi connectivity index (χ4v) is 9.40. The van der Waals surface area contributed by atoms with E-state index in [9.17, 15) is 14.9 Å². The molecule has 6 heteroatoms. The quantitative estimate of drug-likeness (QED) is 0.291. The molecule has 0 aromatic heterocycles. The monoisotopic (exact) mass is 496 g/mol. The molecule has 5 rings (SSSR count). The van der Waals surface area contributed by atoms with E-state index in [1.165, 1.54) is 31.8 Å².